The van der Waals surface area contributed by atoms with Crippen LogP contribution in [0, 0.1) is 11.3 Å². The molecule has 1 fully saturated rings. The average molecular weight is 334 g/mol. The van der Waals surface area contributed by atoms with Crippen LogP contribution in [0.15, 0.2) is 30.0 Å². The highest BCUT2D eigenvalue weighted by Gasteiger charge is 2.15. The molecular formula is C17H20ClN3O2. The van der Waals surface area contributed by atoms with Gasteiger partial charge in [0.2, 0.25) is 0 Å². The molecule has 0 radical (unpaired) electrons. The standard InChI is InChI=1S/C17H20ClN3O2/c1-23-16-8-7-13(18)9-15(16)21-17(22)12(10-19)11-20-14-5-3-2-4-6-14/h7-9,11,14,20H,2-6H2,1H3,(H,21,22)/b12-11-. The summed E-state index contributed by atoms with van der Waals surface area (Å²) < 4.78 is 5.18. The van der Waals surface area contributed by atoms with Gasteiger partial charge >= 0.3 is 0 Å². The Balaban J connectivity index is 2.05. The van der Waals surface area contributed by atoms with Gasteiger partial charge in [-0.25, -0.2) is 0 Å². The van der Waals surface area contributed by atoms with Crippen LogP contribution in [0.2, 0.25) is 5.02 Å². The number of carbonyl (C=O) groups is 1. The number of amides is 1. The van der Waals surface area contributed by atoms with Crippen LogP contribution in [-0.2, 0) is 4.79 Å². The minimum Gasteiger partial charge on any atom is -0.495 e. The fraction of sp³-hybridized carbons (Fsp3) is 0.412. The van der Waals surface area contributed by atoms with Crippen molar-refractivity contribution in [2.45, 2.75) is 38.1 Å². The lowest BCUT2D eigenvalue weighted by Gasteiger charge is -2.21. The van der Waals surface area contributed by atoms with E-state index in [-0.39, 0.29) is 5.57 Å². The molecule has 5 nitrogen and oxygen atoms in total. The second-order valence-corrected chi connectivity index (χ2v) is 5.91. The number of nitrogens with one attached hydrogen (secondary N) is 2. The molecule has 0 aliphatic heterocycles. The molecule has 0 atom stereocenters. The first kappa shape index (κ1) is 17.2. The number of carbonyl (C=O) groups excluding carboxylic acids is 1. The Morgan fingerprint density at radius 1 is 1.39 bits per heavy atom. The van der Waals surface area contributed by atoms with Gasteiger partial charge in [0.1, 0.15) is 17.4 Å². The molecule has 1 aliphatic rings. The summed E-state index contributed by atoms with van der Waals surface area (Å²) in [7, 11) is 1.50. The van der Waals surface area contributed by atoms with Gasteiger partial charge in [0.25, 0.3) is 5.91 Å². The summed E-state index contributed by atoms with van der Waals surface area (Å²) in [6.45, 7) is 0. The van der Waals surface area contributed by atoms with E-state index in [1.54, 1.807) is 18.2 Å². The maximum Gasteiger partial charge on any atom is 0.267 e. The van der Waals surface area contributed by atoms with E-state index in [1.165, 1.54) is 32.6 Å². The predicted octanol–water partition coefficient (Wildman–Crippen LogP) is 3.62. The monoisotopic (exact) mass is 333 g/mol. The molecular weight excluding hydrogens is 314 g/mol. The third-order valence-corrected chi connectivity index (χ3v) is 4.08. The summed E-state index contributed by atoms with van der Waals surface area (Å²) in [6, 6.07) is 7.17. The molecule has 1 amide bonds. The number of nitriles is 1. The third-order valence-electron chi connectivity index (χ3n) is 3.84. The van der Waals surface area contributed by atoms with Crippen LogP contribution in [0.4, 0.5) is 5.69 Å². The van der Waals surface area contributed by atoms with Gasteiger partial charge < -0.3 is 15.4 Å². The number of methoxy groups -OCH3 is 1. The molecule has 6 heteroatoms. The number of nitrogens with zero attached hydrogens (tertiary/aromatic N) is 1. The average Bonchev–Trinajstić information content (AvgIpc) is 2.56. The van der Waals surface area contributed by atoms with E-state index in [1.807, 2.05) is 6.07 Å². The smallest absolute Gasteiger partial charge is 0.267 e. The molecule has 2 N–H and O–H groups in total. The lowest BCUT2D eigenvalue weighted by atomic mass is 9.96. The van der Waals surface area contributed by atoms with Gasteiger partial charge in [0, 0.05) is 17.3 Å². The van der Waals surface area contributed by atoms with Crippen LogP contribution in [0.25, 0.3) is 0 Å². The predicted molar refractivity (Wildman–Crippen MR) is 90.3 cm³/mol. The van der Waals surface area contributed by atoms with Crippen LogP contribution in [0.5, 0.6) is 5.75 Å². The van der Waals surface area contributed by atoms with Gasteiger partial charge in [0.15, 0.2) is 0 Å². The minimum atomic E-state index is -0.489. The Labute approximate surface area is 141 Å². The summed E-state index contributed by atoms with van der Waals surface area (Å²) in [5, 5.41) is 15.5. The topological polar surface area (TPSA) is 74.1 Å². The van der Waals surface area contributed by atoms with Crippen molar-refractivity contribution in [1.29, 1.82) is 5.26 Å². The molecule has 122 valence electrons. The van der Waals surface area contributed by atoms with E-state index in [0.717, 1.165) is 12.8 Å². The Morgan fingerprint density at radius 3 is 2.78 bits per heavy atom. The molecule has 0 spiro atoms. The molecule has 0 heterocycles. The summed E-state index contributed by atoms with van der Waals surface area (Å²) in [5.41, 5.74) is 0.460. The first-order valence-electron chi connectivity index (χ1n) is 7.65. The first-order valence-corrected chi connectivity index (χ1v) is 8.03. The first-order chi connectivity index (χ1) is 11.1. The normalized spacial score (nSPS) is 15.6. The molecule has 0 bridgehead atoms. The van der Waals surface area contributed by atoms with E-state index in [9.17, 15) is 10.1 Å². The summed E-state index contributed by atoms with van der Waals surface area (Å²) >= 11 is 5.93. The largest absolute Gasteiger partial charge is 0.495 e. The highest BCUT2D eigenvalue weighted by Crippen LogP contribution is 2.28. The summed E-state index contributed by atoms with van der Waals surface area (Å²) in [5.74, 6) is -0.00310. The molecule has 1 aromatic rings. The molecule has 2 rings (SSSR count). The van der Waals surface area contributed by atoms with Crippen molar-refractivity contribution in [3.05, 3.63) is 35.0 Å². The Kier molecular flexibility index (Phi) is 6.30. The van der Waals surface area contributed by atoms with Crippen LogP contribution in [-0.4, -0.2) is 19.1 Å². The molecule has 0 unspecified atom stereocenters. The zero-order valence-corrected chi connectivity index (χ0v) is 13.8. The number of halogens is 1. The van der Waals surface area contributed by atoms with E-state index in [2.05, 4.69) is 10.6 Å². The highest BCUT2D eigenvalue weighted by molar-refractivity contribution is 6.31. The van der Waals surface area contributed by atoms with Gasteiger partial charge in [-0.15, -0.1) is 0 Å². The van der Waals surface area contributed by atoms with Crippen molar-refractivity contribution in [2.24, 2.45) is 0 Å². The second-order valence-electron chi connectivity index (χ2n) is 5.47. The molecule has 0 aromatic heterocycles. The maximum absolute atomic E-state index is 12.3. The fourth-order valence-corrected chi connectivity index (χ4v) is 2.76. The van der Waals surface area contributed by atoms with E-state index < -0.39 is 5.91 Å². The van der Waals surface area contributed by atoms with Crippen molar-refractivity contribution in [3.63, 3.8) is 0 Å². The lowest BCUT2D eigenvalue weighted by Crippen LogP contribution is -2.28. The van der Waals surface area contributed by atoms with Gasteiger partial charge in [-0.2, -0.15) is 5.26 Å². The maximum atomic E-state index is 12.3. The number of hydrogen-bond acceptors (Lipinski definition) is 4. The SMILES string of the molecule is COc1ccc(Cl)cc1NC(=O)/C(C#N)=C\NC1CCCCC1. The Hall–Kier alpha value is -2.19. The summed E-state index contributed by atoms with van der Waals surface area (Å²) in [4.78, 5) is 12.3. The molecule has 1 aromatic carbocycles. The lowest BCUT2D eigenvalue weighted by molar-refractivity contribution is -0.112. The van der Waals surface area contributed by atoms with Crippen molar-refractivity contribution in [1.82, 2.24) is 5.32 Å². The van der Waals surface area contributed by atoms with E-state index in [0.29, 0.717) is 22.5 Å². The van der Waals surface area contributed by atoms with Crippen LogP contribution in [0.1, 0.15) is 32.1 Å². The van der Waals surface area contributed by atoms with Crippen molar-refractivity contribution in [3.8, 4) is 11.8 Å². The van der Waals surface area contributed by atoms with E-state index in [4.69, 9.17) is 16.3 Å². The van der Waals surface area contributed by atoms with Crippen molar-refractivity contribution in [2.75, 3.05) is 12.4 Å². The van der Waals surface area contributed by atoms with Gasteiger partial charge in [0.05, 0.1) is 12.8 Å². The highest BCUT2D eigenvalue weighted by atomic mass is 35.5. The second kappa shape index (κ2) is 8.44. The molecule has 0 saturated heterocycles. The van der Waals surface area contributed by atoms with Crippen LogP contribution >= 0.6 is 11.6 Å². The van der Waals surface area contributed by atoms with E-state index >= 15 is 0 Å². The number of rotatable bonds is 5. The molecule has 1 saturated carbocycles. The molecule has 23 heavy (non-hydrogen) atoms. The zero-order valence-electron chi connectivity index (χ0n) is 13.1. The van der Waals surface area contributed by atoms with Gasteiger partial charge in [-0.05, 0) is 31.0 Å². The van der Waals surface area contributed by atoms with Crippen LogP contribution < -0.4 is 15.4 Å². The Morgan fingerprint density at radius 2 is 2.13 bits per heavy atom. The molecule has 1 aliphatic carbocycles. The van der Waals surface area contributed by atoms with Crippen LogP contribution in [0.3, 0.4) is 0 Å². The minimum absolute atomic E-state index is 0.0256. The number of hydrogen-bond donors (Lipinski definition) is 2. The van der Waals surface area contributed by atoms with Gasteiger partial charge in [-0.3, -0.25) is 4.79 Å². The zero-order chi connectivity index (χ0) is 16.7. The third kappa shape index (κ3) is 4.90. The quantitative estimate of drug-likeness (QED) is 0.637. The summed E-state index contributed by atoms with van der Waals surface area (Å²) in [6.07, 6.45) is 7.25. The van der Waals surface area contributed by atoms with Crippen molar-refractivity contribution >= 4 is 23.2 Å². The number of ether oxygens (including phenoxy) is 1. The van der Waals surface area contributed by atoms with Crippen molar-refractivity contribution < 1.29 is 9.53 Å². The fourth-order valence-electron chi connectivity index (χ4n) is 2.59. The van der Waals surface area contributed by atoms with Gasteiger partial charge in [-0.1, -0.05) is 30.9 Å². The Bertz CT molecular complexity index is 631. The number of anilines is 1. The number of benzene rings is 1.